The molecule has 1 atom stereocenters. The highest BCUT2D eigenvalue weighted by Gasteiger charge is 2.15. The van der Waals surface area contributed by atoms with Crippen molar-refractivity contribution in [3.05, 3.63) is 57.2 Å². The Morgan fingerprint density at radius 1 is 1.29 bits per heavy atom. The van der Waals surface area contributed by atoms with Gasteiger partial charge in [-0.15, -0.1) is 11.3 Å². The van der Waals surface area contributed by atoms with E-state index in [4.69, 9.17) is 22.1 Å². The number of halogens is 1. The van der Waals surface area contributed by atoms with Crippen molar-refractivity contribution in [3.8, 4) is 0 Å². The summed E-state index contributed by atoms with van der Waals surface area (Å²) >= 11 is 7.68. The van der Waals surface area contributed by atoms with Crippen LogP contribution in [-0.4, -0.2) is 13.2 Å². The van der Waals surface area contributed by atoms with Crippen LogP contribution in [0.15, 0.2) is 41.8 Å². The van der Waals surface area contributed by atoms with Crippen LogP contribution in [0.2, 0.25) is 5.02 Å². The molecule has 0 bridgehead atoms. The van der Waals surface area contributed by atoms with Crippen molar-refractivity contribution >= 4 is 22.9 Å². The third-order valence-electron chi connectivity index (χ3n) is 2.36. The lowest BCUT2D eigenvalue weighted by Gasteiger charge is -2.16. The van der Waals surface area contributed by atoms with Crippen LogP contribution >= 0.6 is 22.9 Å². The summed E-state index contributed by atoms with van der Waals surface area (Å²) in [5, 5.41) is 2.76. The van der Waals surface area contributed by atoms with Gasteiger partial charge in [0.15, 0.2) is 0 Å². The average Bonchev–Trinajstić information content (AvgIpc) is 2.83. The molecule has 17 heavy (non-hydrogen) atoms. The van der Waals surface area contributed by atoms with Gasteiger partial charge in [0, 0.05) is 16.4 Å². The van der Waals surface area contributed by atoms with Gasteiger partial charge < -0.3 is 10.5 Å². The highest BCUT2D eigenvalue weighted by atomic mass is 35.5. The van der Waals surface area contributed by atoms with E-state index in [-0.39, 0.29) is 6.10 Å². The quantitative estimate of drug-likeness (QED) is 0.900. The molecule has 2 aromatic rings. The second-order valence-electron chi connectivity index (χ2n) is 3.61. The van der Waals surface area contributed by atoms with Crippen LogP contribution in [0.3, 0.4) is 0 Å². The molecule has 0 amide bonds. The fraction of sp³-hybridized carbons (Fsp3) is 0.231. The number of rotatable bonds is 5. The lowest BCUT2D eigenvalue weighted by molar-refractivity contribution is 0.0888. The van der Waals surface area contributed by atoms with Crippen molar-refractivity contribution in [3.63, 3.8) is 0 Å². The normalized spacial score (nSPS) is 12.6. The zero-order valence-electron chi connectivity index (χ0n) is 9.30. The molecule has 90 valence electrons. The van der Waals surface area contributed by atoms with Crippen LogP contribution < -0.4 is 5.73 Å². The summed E-state index contributed by atoms with van der Waals surface area (Å²) in [6.07, 6.45) is -0.0720. The van der Waals surface area contributed by atoms with Gasteiger partial charge in [0.05, 0.1) is 6.61 Å². The first kappa shape index (κ1) is 12.6. The van der Waals surface area contributed by atoms with Crippen molar-refractivity contribution in [2.45, 2.75) is 6.10 Å². The van der Waals surface area contributed by atoms with Gasteiger partial charge in [-0.05, 0) is 29.1 Å². The number of hydrogen-bond donors (Lipinski definition) is 1. The molecule has 1 heterocycles. The van der Waals surface area contributed by atoms with Gasteiger partial charge in [0.2, 0.25) is 0 Å². The van der Waals surface area contributed by atoms with Crippen LogP contribution in [0.5, 0.6) is 0 Å². The molecule has 1 aromatic heterocycles. The highest BCUT2D eigenvalue weighted by molar-refractivity contribution is 7.10. The van der Waals surface area contributed by atoms with E-state index in [1.165, 1.54) is 4.88 Å². The first-order valence-electron chi connectivity index (χ1n) is 5.42. The molecule has 2 rings (SSSR count). The summed E-state index contributed by atoms with van der Waals surface area (Å²) in [6, 6.07) is 11.8. The molecule has 0 saturated carbocycles. The van der Waals surface area contributed by atoms with E-state index in [0.29, 0.717) is 13.2 Å². The largest absolute Gasteiger partial charge is 0.367 e. The molecule has 4 heteroatoms. The van der Waals surface area contributed by atoms with Crippen molar-refractivity contribution < 1.29 is 4.74 Å². The van der Waals surface area contributed by atoms with Crippen LogP contribution in [0.4, 0.5) is 0 Å². The monoisotopic (exact) mass is 267 g/mol. The Kier molecular flexibility index (Phi) is 4.57. The van der Waals surface area contributed by atoms with E-state index in [2.05, 4.69) is 6.07 Å². The van der Waals surface area contributed by atoms with Crippen molar-refractivity contribution in [2.75, 3.05) is 13.2 Å². The Bertz CT molecular complexity index is 458. The number of nitrogens with two attached hydrogens (primary N) is 1. The Labute approximate surface area is 110 Å². The maximum Gasteiger partial charge on any atom is 0.117 e. The molecule has 0 spiro atoms. The third-order valence-corrected chi connectivity index (χ3v) is 3.51. The minimum atomic E-state index is -0.0720. The lowest BCUT2D eigenvalue weighted by Crippen LogP contribution is -2.13. The predicted molar refractivity (Wildman–Crippen MR) is 72.6 cm³/mol. The molecule has 2 nitrogen and oxygen atoms in total. The maximum absolute atomic E-state index is 6.01. The van der Waals surface area contributed by atoms with Gasteiger partial charge in [-0.1, -0.05) is 29.8 Å². The van der Waals surface area contributed by atoms with E-state index in [0.717, 1.165) is 10.6 Å². The standard InChI is InChI=1S/C13H14ClNOS/c14-11-4-1-3-10(9-11)13(16-7-6-15)12-5-2-8-17-12/h1-5,8-9,13H,6-7,15H2. The molecule has 1 unspecified atom stereocenters. The molecule has 0 saturated heterocycles. The zero-order valence-corrected chi connectivity index (χ0v) is 10.9. The molecule has 0 aliphatic heterocycles. The lowest BCUT2D eigenvalue weighted by atomic mass is 10.1. The van der Waals surface area contributed by atoms with E-state index in [9.17, 15) is 0 Å². The van der Waals surface area contributed by atoms with Gasteiger partial charge in [-0.25, -0.2) is 0 Å². The maximum atomic E-state index is 6.01. The van der Waals surface area contributed by atoms with E-state index < -0.39 is 0 Å². The number of ether oxygens (including phenoxy) is 1. The Hall–Kier alpha value is -0.870. The van der Waals surface area contributed by atoms with Crippen LogP contribution in [0, 0.1) is 0 Å². The van der Waals surface area contributed by atoms with E-state index >= 15 is 0 Å². The predicted octanol–water partition coefficient (Wildman–Crippen LogP) is 3.47. The number of hydrogen-bond acceptors (Lipinski definition) is 3. The topological polar surface area (TPSA) is 35.2 Å². The minimum Gasteiger partial charge on any atom is -0.367 e. The van der Waals surface area contributed by atoms with Crippen molar-refractivity contribution in [2.24, 2.45) is 5.73 Å². The molecule has 0 fully saturated rings. The fourth-order valence-electron chi connectivity index (χ4n) is 1.64. The smallest absolute Gasteiger partial charge is 0.117 e. The van der Waals surface area contributed by atoms with Crippen LogP contribution in [0.1, 0.15) is 16.5 Å². The second kappa shape index (κ2) is 6.17. The van der Waals surface area contributed by atoms with Crippen LogP contribution in [0.25, 0.3) is 0 Å². The van der Waals surface area contributed by atoms with Gasteiger partial charge >= 0.3 is 0 Å². The minimum absolute atomic E-state index is 0.0720. The zero-order chi connectivity index (χ0) is 12.1. The summed E-state index contributed by atoms with van der Waals surface area (Å²) in [6.45, 7) is 1.05. The Morgan fingerprint density at radius 2 is 2.18 bits per heavy atom. The Balaban J connectivity index is 2.27. The van der Waals surface area contributed by atoms with Gasteiger partial charge in [0.1, 0.15) is 6.10 Å². The Morgan fingerprint density at radius 3 is 2.82 bits per heavy atom. The number of benzene rings is 1. The summed E-state index contributed by atoms with van der Waals surface area (Å²) < 4.78 is 5.80. The molecule has 0 aliphatic rings. The third kappa shape index (κ3) is 3.30. The van der Waals surface area contributed by atoms with Crippen molar-refractivity contribution in [1.82, 2.24) is 0 Å². The van der Waals surface area contributed by atoms with E-state index in [1.54, 1.807) is 11.3 Å². The first-order chi connectivity index (χ1) is 8.31. The summed E-state index contributed by atoms with van der Waals surface area (Å²) in [5.74, 6) is 0. The molecule has 2 N–H and O–H groups in total. The van der Waals surface area contributed by atoms with Crippen LogP contribution in [-0.2, 0) is 4.74 Å². The summed E-state index contributed by atoms with van der Waals surface area (Å²) in [4.78, 5) is 1.17. The second-order valence-corrected chi connectivity index (χ2v) is 5.03. The van der Waals surface area contributed by atoms with Crippen molar-refractivity contribution in [1.29, 1.82) is 0 Å². The molecular weight excluding hydrogens is 254 g/mol. The van der Waals surface area contributed by atoms with Gasteiger partial charge in [-0.2, -0.15) is 0 Å². The average molecular weight is 268 g/mol. The summed E-state index contributed by atoms with van der Waals surface area (Å²) in [7, 11) is 0. The SMILES string of the molecule is NCCOC(c1cccc(Cl)c1)c1cccs1. The van der Waals surface area contributed by atoms with Gasteiger partial charge in [0.25, 0.3) is 0 Å². The summed E-state index contributed by atoms with van der Waals surface area (Å²) in [5.41, 5.74) is 6.55. The van der Waals surface area contributed by atoms with Gasteiger partial charge in [-0.3, -0.25) is 0 Å². The fourth-order valence-corrected chi connectivity index (χ4v) is 2.64. The van der Waals surface area contributed by atoms with E-state index in [1.807, 2.05) is 35.7 Å². The first-order valence-corrected chi connectivity index (χ1v) is 6.67. The number of thiophene rings is 1. The molecule has 0 aliphatic carbocycles. The molecular formula is C13H14ClNOS. The molecule has 0 radical (unpaired) electrons. The molecule has 1 aromatic carbocycles. The highest BCUT2D eigenvalue weighted by Crippen LogP contribution is 2.30.